The van der Waals surface area contributed by atoms with E-state index in [1.54, 1.807) is 0 Å². The van der Waals surface area contributed by atoms with Gasteiger partial charge in [-0.2, -0.15) is 0 Å². The molecule has 1 aromatic heterocycles. The summed E-state index contributed by atoms with van der Waals surface area (Å²) in [7, 11) is 1.82. The average Bonchev–Trinajstić information content (AvgIpc) is 3.26. The molecule has 1 aliphatic rings. The normalized spacial score (nSPS) is 14.7. The Morgan fingerprint density at radius 2 is 2.09 bits per heavy atom. The van der Waals surface area contributed by atoms with Gasteiger partial charge >= 0.3 is 0 Å². The van der Waals surface area contributed by atoms with Crippen LogP contribution in [-0.4, -0.2) is 35.6 Å². The van der Waals surface area contributed by atoms with Crippen LogP contribution in [0.2, 0.25) is 0 Å². The maximum atomic E-state index is 4.59. The lowest BCUT2D eigenvalue weighted by atomic mass is 10.3. The second-order valence-corrected chi connectivity index (χ2v) is 5.62. The number of hydrogen-bond donors (Lipinski definition) is 2. The molecule has 1 aliphatic carbocycles. The van der Waals surface area contributed by atoms with Gasteiger partial charge in [-0.3, -0.25) is 4.99 Å². The largest absolute Gasteiger partial charge is 0.356 e. The summed E-state index contributed by atoms with van der Waals surface area (Å²) in [5.41, 5.74) is 2.25. The van der Waals surface area contributed by atoms with Gasteiger partial charge in [0.05, 0.1) is 11.0 Å². The monoisotopic (exact) mass is 413 g/mol. The van der Waals surface area contributed by atoms with Gasteiger partial charge in [0.2, 0.25) is 0 Å². The Hall–Kier alpha value is -1.31. The van der Waals surface area contributed by atoms with Crippen LogP contribution in [0.25, 0.3) is 11.0 Å². The van der Waals surface area contributed by atoms with Crippen molar-refractivity contribution in [3.63, 3.8) is 0 Å². The predicted molar refractivity (Wildman–Crippen MR) is 102 cm³/mol. The predicted octanol–water partition coefficient (Wildman–Crippen LogP) is 2.54. The molecule has 0 bridgehead atoms. The van der Waals surface area contributed by atoms with Gasteiger partial charge in [0.1, 0.15) is 5.82 Å². The zero-order valence-corrected chi connectivity index (χ0v) is 15.5. The van der Waals surface area contributed by atoms with Gasteiger partial charge in [-0.05, 0) is 37.8 Å². The van der Waals surface area contributed by atoms with Gasteiger partial charge in [-0.15, -0.1) is 24.0 Å². The van der Waals surface area contributed by atoms with Crippen LogP contribution in [0.3, 0.4) is 0 Å². The standard InChI is InChI=1S/C16H23N5.HI/c1-12-20-14-5-3-4-6-15(14)21(12)10-9-18-16(17-2)19-11-13-7-8-13;/h3-6,13H,7-11H2,1-2H3,(H2,17,18,19);1H. The van der Waals surface area contributed by atoms with E-state index in [2.05, 4.69) is 50.3 Å². The van der Waals surface area contributed by atoms with Gasteiger partial charge in [-0.25, -0.2) is 4.98 Å². The Labute approximate surface area is 148 Å². The minimum Gasteiger partial charge on any atom is -0.356 e. The summed E-state index contributed by atoms with van der Waals surface area (Å²) in [5, 5.41) is 6.75. The molecule has 3 rings (SSSR count). The number of aryl methyl sites for hydroxylation is 1. The summed E-state index contributed by atoms with van der Waals surface area (Å²) in [6.45, 7) is 4.81. The van der Waals surface area contributed by atoms with Crippen LogP contribution in [0.1, 0.15) is 18.7 Å². The molecule has 2 aromatic rings. The van der Waals surface area contributed by atoms with Gasteiger partial charge < -0.3 is 15.2 Å². The van der Waals surface area contributed by atoms with E-state index in [9.17, 15) is 0 Å². The molecule has 0 saturated heterocycles. The van der Waals surface area contributed by atoms with Crippen molar-refractivity contribution in [1.82, 2.24) is 20.2 Å². The third kappa shape index (κ3) is 4.12. The van der Waals surface area contributed by atoms with Crippen molar-refractivity contribution >= 4 is 41.0 Å². The number of rotatable bonds is 5. The molecule has 6 heteroatoms. The summed E-state index contributed by atoms with van der Waals surface area (Å²) < 4.78 is 2.25. The zero-order chi connectivity index (χ0) is 14.7. The first-order valence-electron chi connectivity index (χ1n) is 7.64. The van der Waals surface area contributed by atoms with E-state index in [4.69, 9.17) is 0 Å². The molecule has 2 N–H and O–H groups in total. The summed E-state index contributed by atoms with van der Waals surface area (Å²) >= 11 is 0. The van der Waals surface area contributed by atoms with Gasteiger partial charge in [0.25, 0.3) is 0 Å². The van der Waals surface area contributed by atoms with Crippen LogP contribution in [0, 0.1) is 12.8 Å². The van der Waals surface area contributed by atoms with Crippen LogP contribution in [0.15, 0.2) is 29.3 Å². The number of imidazole rings is 1. The number of para-hydroxylation sites is 2. The quantitative estimate of drug-likeness (QED) is 0.450. The molecular formula is C16H24IN5. The summed E-state index contributed by atoms with van der Waals surface area (Å²) in [6, 6.07) is 8.27. The number of halogens is 1. The molecule has 5 nitrogen and oxygen atoms in total. The number of hydrogen-bond acceptors (Lipinski definition) is 2. The SMILES string of the molecule is CN=C(NCCn1c(C)nc2ccccc21)NCC1CC1.I. The highest BCUT2D eigenvalue weighted by atomic mass is 127. The maximum absolute atomic E-state index is 4.59. The van der Waals surface area contributed by atoms with Gasteiger partial charge in [0, 0.05) is 26.7 Å². The van der Waals surface area contributed by atoms with E-state index < -0.39 is 0 Å². The van der Waals surface area contributed by atoms with Crippen molar-refractivity contribution in [2.45, 2.75) is 26.3 Å². The maximum Gasteiger partial charge on any atom is 0.191 e. The molecule has 0 aliphatic heterocycles. The third-order valence-electron chi connectivity index (χ3n) is 3.95. The molecule has 0 unspecified atom stereocenters. The Balaban J connectivity index is 0.00000176. The van der Waals surface area contributed by atoms with E-state index in [-0.39, 0.29) is 24.0 Å². The zero-order valence-electron chi connectivity index (χ0n) is 13.2. The van der Waals surface area contributed by atoms with E-state index in [1.165, 1.54) is 18.4 Å². The average molecular weight is 413 g/mol. The van der Waals surface area contributed by atoms with Crippen molar-refractivity contribution in [2.75, 3.05) is 20.1 Å². The number of benzene rings is 1. The van der Waals surface area contributed by atoms with Crippen LogP contribution in [-0.2, 0) is 6.54 Å². The number of nitrogens with one attached hydrogen (secondary N) is 2. The first kappa shape index (κ1) is 17.1. The smallest absolute Gasteiger partial charge is 0.191 e. The van der Waals surface area contributed by atoms with Crippen molar-refractivity contribution in [3.8, 4) is 0 Å². The highest BCUT2D eigenvalue weighted by molar-refractivity contribution is 14.0. The lowest BCUT2D eigenvalue weighted by molar-refractivity contribution is 0.654. The topological polar surface area (TPSA) is 54.2 Å². The molecule has 22 heavy (non-hydrogen) atoms. The molecule has 1 fully saturated rings. The van der Waals surface area contributed by atoms with E-state index in [0.717, 1.165) is 42.9 Å². The Bertz CT molecular complexity index is 645. The van der Waals surface area contributed by atoms with E-state index >= 15 is 0 Å². The number of aromatic nitrogens is 2. The van der Waals surface area contributed by atoms with E-state index in [0.29, 0.717) is 0 Å². The second-order valence-electron chi connectivity index (χ2n) is 5.62. The molecule has 0 spiro atoms. The van der Waals surface area contributed by atoms with Crippen molar-refractivity contribution in [1.29, 1.82) is 0 Å². The molecule has 1 heterocycles. The lowest BCUT2D eigenvalue weighted by Crippen LogP contribution is -2.39. The summed E-state index contributed by atoms with van der Waals surface area (Å²) in [6.07, 6.45) is 2.70. The number of fused-ring (bicyclic) bond motifs is 1. The fourth-order valence-corrected chi connectivity index (χ4v) is 2.55. The van der Waals surface area contributed by atoms with Crippen LogP contribution in [0.5, 0.6) is 0 Å². The van der Waals surface area contributed by atoms with Gasteiger partial charge in [-0.1, -0.05) is 12.1 Å². The number of guanidine groups is 1. The third-order valence-corrected chi connectivity index (χ3v) is 3.95. The van der Waals surface area contributed by atoms with Crippen LogP contribution >= 0.6 is 24.0 Å². The molecule has 120 valence electrons. The molecule has 0 radical (unpaired) electrons. The Kier molecular flexibility index (Phi) is 6.05. The Morgan fingerprint density at radius 3 is 2.82 bits per heavy atom. The molecular weight excluding hydrogens is 389 g/mol. The highest BCUT2D eigenvalue weighted by Gasteiger charge is 2.20. The summed E-state index contributed by atoms with van der Waals surface area (Å²) in [4.78, 5) is 8.85. The van der Waals surface area contributed by atoms with E-state index in [1.807, 2.05) is 13.1 Å². The van der Waals surface area contributed by atoms with Crippen molar-refractivity contribution in [3.05, 3.63) is 30.1 Å². The number of aliphatic imine (C=N–C) groups is 1. The molecule has 0 atom stereocenters. The van der Waals surface area contributed by atoms with Crippen molar-refractivity contribution in [2.24, 2.45) is 10.9 Å². The Morgan fingerprint density at radius 1 is 1.32 bits per heavy atom. The molecule has 1 saturated carbocycles. The fourth-order valence-electron chi connectivity index (χ4n) is 2.55. The molecule has 0 amide bonds. The number of nitrogens with zero attached hydrogens (tertiary/aromatic N) is 3. The summed E-state index contributed by atoms with van der Waals surface area (Å²) in [5.74, 6) is 2.80. The van der Waals surface area contributed by atoms with Crippen LogP contribution < -0.4 is 10.6 Å². The highest BCUT2D eigenvalue weighted by Crippen LogP contribution is 2.27. The lowest BCUT2D eigenvalue weighted by Gasteiger charge is -2.12. The fraction of sp³-hybridized carbons (Fsp3) is 0.500. The first-order valence-corrected chi connectivity index (χ1v) is 7.64. The second kappa shape index (κ2) is 7.80. The van der Waals surface area contributed by atoms with Crippen molar-refractivity contribution < 1.29 is 0 Å². The van der Waals surface area contributed by atoms with Gasteiger partial charge in [0.15, 0.2) is 5.96 Å². The van der Waals surface area contributed by atoms with Crippen LogP contribution in [0.4, 0.5) is 0 Å². The molecule has 1 aromatic carbocycles. The minimum atomic E-state index is 0. The first-order chi connectivity index (χ1) is 10.3. The minimum absolute atomic E-state index is 0.